The van der Waals surface area contributed by atoms with Crippen molar-refractivity contribution in [2.75, 3.05) is 11.9 Å². The predicted molar refractivity (Wildman–Crippen MR) is 119 cm³/mol. The summed E-state index contributed by atoms with van der Waals surface area (Å²) in [4.78, 5) is 17.9. The number of halogens is 3. The molecule has 0 aliphatic rings. The van der Waals surface area contributed by atoms with Crippen LogP contribution in [0, 0.1) is 18.3 Å². The lowest BCUT2D eigenvalue weighted by atomic mass is 10.0. The lowest BCUT2D eigenvalue weighted by Gasteiger charge is -2.12. The fourth-order valence-corrected chi connectivity index (χ4v) is 3.56. The molecule has 1 N–H and O–H groups in total. The topological polar surface area (TPSA) is 92.8 Å². The minimum absolute atomic E-state index is 0.135. The maximum Gasteiger partial charge on any atom is 0.422 e. The van der Waals surface area contributed by atoms with Gasteiger partial charge in [0.1, 0.15) is 11.8 Å². The number of benzene rings is 2. The highest BCUT2D eigenvalue weighted by Crippen LogP contribution is 2.29. The Labute approximate surface area is 192 Å². The SMILES string of the molecule is Cc1nn(C)c2nc(-c3ccccc3)cc(C(=O)Nc3ccc(OCC(F)(F)F)c(C#N)c3)c12. The third kappa shape index (κ3) is 4.68. The predicted octanol–water partition coefficient (Wildman–Crippen LogP) is 5.01. The number of anilines is 1. The molecule has 2 aromatic carbocycles. The summed E-state index contributed by atoms with van der Waals surface area (Å²) in [5.41, 5.74) is 2.95. The molecular weight excluding hydrogens is 447 g/mol. The van der Waals surface area contributed by atoms with E-state index in [-0.39, 0.29) is 17.0 Å². The number of carbonyl (C=O) groups is 1. The number of hydrogen-bond acceptors (Lipinski definition) is 5. The molecule has 7 nitrogen and oxygen atoms in total. The number of ether oxygens (including phenoxy) is 1. The van der Waals surface area contributed by atoms with Crippen LogP contribution in [0.2, 0.25) is 0 Å². The number of nitrogens with zero attached hydrogens (tertiary/aromatic N) is 4. The number of pyridine rings is 1. The van der Waals surface area contributed by atoms with Crippen LogP contribution in [0.1, 0.15) is 21.6 Å². The van der Waals surface area contributed by atoms with E-state index in [4.69, 9.17) is 4.74 Å². The van der Waals surface area contributed by atoms with Gasteiger partial charge >= 0.3 is 6.18 Å². The number of carbonyl (C=O) groups excluding carboxylic acids is 1. The van der Waals surface area contributed by atoms with Crippen molar-refractivity contribution in [2.45, 2.75) is 13.1 Å². The van der Waals surface area contributed by atoms with E-state index in [1.807, 2.05) is 30.3 Å². The lowest BCUT2D eigenvalue weighted by Crippen LogP contribution is -2.19. The fourth-order valence-electron chi connectivity index (χ4n) is 3.56. The molecule has 0 aliphatic carbocycles. The number of nitriles is 1. The smallest absolute Gasteiger partial charge is 0.422 e. The Morgan fingerprint density at radius 1 is 1.18 bits per heavy atom. The first-order valence-corrected chi connectivity index (χ1v) is 10.1. The molecule has 10 heteroatoms. The number of hydrogen-bond donors (Lipinski definition) is 1. The minimum atomic E-state index is -4.54. The number of amides is 1. The van der Waals surface area contributed by atoms with Gasteiger partial charge < -0.3 is 10.1 Å². The number of aryl methyl sites for hydroxylation is 2. The van der Waals surface area contributed by atoms with Gasteiger partial charge in [0.05, 0.1) is 27.9 Å². The normalized spacial score (nSPS) is 11.3. The van der Waals surface area contributed by atoms with Gasteiger partial charge in [-0.25, -0.2) is 4.98 Å². The van der Waals surface area contributed by atoms with Gasteiger partial charge in [0.2, 0.25) is 0 Å². The van der Waals surface area contributed by atoms with E-state index < -0.39 is 18.7 Å². The Bertz CT molecular complexity index is 1420. The van der Waals surface area contributed by atoms with Crippen LogP contribution in [0.4, 0.5) is 18.9 Å². The van der Waals surface area contributed by atoms with Crippen LogP contribution >= 0.6 is 0 Å². The van der Waals surface area contributed by atoms with Crippen LogP contribution in [-0.4, -0.2) is 33.5 Å². The molecule has 0 unspecified atom stereocenters. The summed E-state index contributed by atoms with van der Waals surface area (Å²) in [5.74, 6) is -0.702. The summed E-state index contributed by atoms with van der Waals surface area (Å²) in [6, 6.07) is 16.6. The van der Waals surface area contributed by atoms with E-state index >= 15 is 0 Å². The van der Waals surface area contributed by atoms with Gasteiger partial charge in [0.15, 0.2) is 12.3 Å². The van der Waals surface area contributed by atoms with Gasteiger partial charge in [-0.1, -0.05) is 30.3 Å². The van der Waals surface area contributed by atoms with Crippen LogP contribution in [-0.2, 0) is 7.05 Å². The van der Waals surface area contributed by atoms with Gasteiger partial charge in [-0.2, -0.15) is 23.5 Å². The van der Waals surface area contributed by atoms with Crippen molar-refractivity contribution in [3.05, 3.63) is 71.4 Å². The van der Waals surface area contributed by atoms with Crippen LogP contribution < -0.4 is 10.1 Å². The Morgan fingerprint density at radius 3 is 2.59 bits per heavy atom. The highest BCUT2D eigenvalue weighted by atomic mass is 19.4. The summed E-state index contributed by atoms with van der Waals surface area (Å²) in [7, 11) is 1.73. The van der Waals surface area contributed by atoms with E-state index in [2.05, 4.69) is 15.4 Å². The van der Waals surface area contributed by atoms with Crippen LogP contribution in [0.3, 0.4) is 0 Å². The molecule has 0 bridgehead atoms. The Morgan fingerprint density at radius 2 is 1.91 bits per heavy atom. The summed E-state index contributed by atoms with van der Waals surface area (Å²) in [6.07, 6.45) is -4.54. The first-order valence-electron chi connectivity index (χ1n) is 10.1. The molecule has 0 atom stereocenters. The second-order valence-corrected chi connectivity index (χ2v) is 7.51. The quantitative estimate of drug-likeness (QED) is 0.447. The molecule has 0 saturated carbocycles. The van der Waals surface area contributed by atoms with Crippen molar-refractivity contribution < 1.29 is 22.7 Å². The van der Waals surface area contributed by atoms with Crippen LogP contribution in [0.15, 0.2) is 54.6 Å². The molecule has 0 spiro atoms. The largest absolute Gasteiger partial charge is 0.483 e. The summed E-state index contributed by atoms with van der Waals surface area (Å²) in [6.45, 7) is 0.245. The minimum Gasteiger partial charge on any atom is -0.483 e. The monoisotopic (exact) mass is 465 g/mol. The Balaban J connectivity index is 1.70. The van der Waals surface area contributed by atoms with E-state index in [0.717, 1.165) is 5.56 Å². The molecule has 172 valence electrons. The van der Waals surface area contributed by atoms with Crippen molar-refractivity contribution in [1.29, 1.82) is 5.26 Å². The molecule has 0 aliphatic heterocycles. The number of rotatable bonds is 5. The molecule has 0 saturated heterocycles. The van der Waals surface area contributed by atoms with E-state index in [1.54, 1.807) is 30.8 Å². The van der Waals surface area contributed by atoms with Crippen LogP contribution in [0.25, 0.3) is 22.3 Å². The second kappa shape index (κ2) is 8.86. The average Bonchev–Trinajstić information content (AvgIpc) is 3.10. The summed E-state index contributed by atoms with van der Waals surface area (Å²) >= 11 is 0. The zero-order valence-corrected chi connectivity index (χ0v) is 18.1. The van der Waals surface area contributed by atoms with Gasteiger partial charge in [-0.3, -0.25) is 9.48 Å². The van der Waals surface area contributed by atoms with E-state index in [9.17, 15) is 23.2 Å². The zero-order valence-electron chi connectivity index (χ0n) is 18.1. The van der Waals surface area contributed by atoms with Gasteiger partial charge in [-0.15, -0.1) is 0 Å². The van der Waals surface area contributed by atoms with Gasteiger partial charge in [0, 0.05) is 18.3 Å². The molecule has 2 aromatic heterocycles. The lowest BCUT2D eigenvalue weighted by molar-refractivity contribution is -0.153. The standard InChI is InChI=1S/C24H18F3N5O2/c1-14-21-18(11-19(15-6-4-3-5-7-15)30-22(21)32(2)31-14)23(33)29-17-8-9-20(16(10-17)12-28)34-13-24(25,26)27/h3-11H,13H2,1-2H3,(H,29,33). The van der Waals surface area contributed by atoms with Crippen molar-refractivity contribution >= 4 is 22.6 Å². The maximum atomic E-state index is 13.3. The molecule has 0 fully saturated rings. The number of aromatic nitrogens is 3. The van der Waals surface area contributed by atoms with Crippen molar-refractivity contribution in [2.24, 2.45) is 7.05 Å². The number of fused-ring (bicyclic) bond motifs is 1. The molecular formula is C24H18F3N5O2. The summed E-state index contributed by atoms with van der Waals surface area (Å²) in [5, 5.41) is 17.0. The van der Waals surface area contributed by atoms with Crippen LogP contribution in [0.5, 0.6) is 5.75 Å². The zero-order chi connectivity index (χ0) is 24.5. The highest BCUT2D eigenvalue weighted by molar-refractivity contribution is 6.13. The fraction of sp³-hybridized carbons (Fsp3) is 0.167. The molecule has 4 aromatic rings. The van der Waals surface area contributed by atoms with Crippen molar-refractivity contribution in [1.82, 2.24) is 14.8 Å². The Kier molecular flexibility index (Phi) is 5.94. The third-order valence-electron chi connectivity index (χ3n) is 5.03. The number of alkyl halides is 3. The van der Waals surface area contributed by atoms with Crippen molar-refractivity contribution in [3.8, 4) is 23.1 Å². The summed E-state index contributed by atoms with van der Waals surface area (Å²) < 4.78 is 43.7. The maximum absolute atomic E-state index is 13.3. The average molecular weight is 465 g/mol. The Hall–Kier alpha value is -4.39. The highest BCUT2D eigenvalue weighted by Gasteiger charge is 2.29. The first-order chi connectivity index (χ1) is 16.2. The third-order valence-corrected chi connectivity index (χ3v) is 5.03. The molecule has 0 radical (unpaired) electrons. The molecule has 4 rings (SSSR count). The molecule has 1 amide bonds. The first kappa shape index (κ1) is 22.8. The van der Waals surface area contributed by atoms with E-state index in [0.29, 0.717) is 28.0 Å². The van der Waals surface area contributed by atoms with Crippen molar-refractivity contribution in [3.63, 3.8) is 0 Å². The van der Waals surface area contributed by atoms with Gasteiger partial charge in [-0.05, 0) is 31.2 Å². The van der Waals surface area contributed by atoms with E-state index in [1.165, 1.54) is 18.2 Å². The van der Waals surface area contributed by atoms with Gasteiger partial charge in [0.25, 0.3) is 5.91 Å². The number of nitrogens with one attached hydrogen (secondary N) is 1. The second-order valence-electron chi connectivity index (χ2n) is 7.51. The molecule has 34 heavy (non-hydrogen) atoms. The molecule has 2 heterocycles.